The van der Waals surface area contributed by atoms with Gasteiger partial charge in [-0.1, -0.05) is 54.1 Å². The van der Waals surface area contributed by atoms with Crippen molar-refractivity contribution in [2.45, 2.75) is 19.5 Å². The van der Waals surface area contributed by atoms with E-state index in [0.717, 1.165) is 16.8 Å². The van der Waals surface area contributed by atoms with E-state index in [4.69, 9.17) is 11.6 Å². The first-order valence-corrected chi connectivity index (χ1v) is 8.82. The molecule has 0 aliphatic heterocycles. The number of hydrogen-bond donors (Lipinski definition) is 3. The van der Waals surface area contributed by atoms with E-state index < -0.39 is 0 Å². The van der Waals surface area contributed by atoms with Crippen molar-refractivity contribution >= 4 is 23.4 Å². The topological polar surface area (TPSA) is 70.1 Å². The van der Waals surface area contributed by atoms with Gasteiger partial charge in [0.2, 0.25) is 5.95 Å². The summed E-state index contributed by atoms with van der Waals surface area (Å²) in [6.07, 6.45) is 0. The van der Waals surface area contributed by atoms with Crippen LogP contribution in [-0.4, -0.2) is 27.7 Å². The molecule has 0 radical (unpaired) electrons. The van der Waals surface area contributed by atoms with Crippen LogP contribution in [0.2, 0.25) is 5.02 Å². The van der Waals surface area contributed by atoms with Crippen LogP contribution in [0.15, 0.2) is 60.7 Å². The van der Waals surface area contributed by atoms with Crippen molar-refractivity contribution in [1.29, 1.82) is 0 Å². The van der Waals surface area contributed by atoms with Gasteiger partial charge < -0.3 is 15.7 Å². The van der Waals surface area contributed by atoms with Crippen molar-refractivity contribution in [2.75, 3.05) is 17.2 Å². The highest BCUT2D eigenvalue weighted by Gasteiger charge is 2.09. The summed E-state index contributed by atoms with van der Waals surface area (Å²) >= 11 is 6.04. The van der Waals surface area contributed by atoms with Gasteiger partial charge in [-0.25, -0.2) is 4.98 Å². The Morgan fingerprint density at radius 2 is 1.85 bits per heavy atom. The maximum Gasteiger partial charge on any atom is 0.225 e. The van der Waals surface area contributed by atoms with Crippen LogP contribution in [0.3, 0.4) is 0 Å². The minimum absolute atomic E-state index is 0.00417. The van der Waals surface area contributed by atoms with E-state index in [2.05, 4.69) is 20.6 Å². The summed E-state index contributed by atoms with van der Waals surface area (Å²) in [5.41, 5.74) is 2.87. The third-order valence-corrected chi connectivity index (χ3v) is 4.04. The standard InChI is InChI=1S/C20H21ClN4O/c1-14(13-26)23-20-24-18(16-7-3-2-4-8-16)11-19(25-20)22-12-15-6-5-9-17(21)10-15/h2-11,14,26H,12-13H2,1H3,(H2,22,23,24,25)/t14-/m1/s1. The lowest BCUT2D eigenvalue weighted by Crippen LogP contribution is -2.21. The molecule has 1 aromatic heterocycles. The molecule has 3 aromatic rings. The Labute approximate surface area is 158 Å². The monoisotopic (exact) mass is 368 g/mol. The Bertz CT molecular complexity index is 857. The fraction of sp³-hybridized carbons (Fsp3) is 0.200. The molecule has 0 unspecified atom stereocenters. The number of anilines is 2. The highest BCUT2D eigenvalue weighted by Crippen LogP contribution is 2.22. The fourth-order valence-corrected chi connectivity index (χ4v) is 2.68. The molecule has 0 fully saturated rings. The third-order valence-electron chi connectivity index (χ3n) is 3.81. The number of aliphatic hydroxyl groups excluding tert-OH is 1. The summed E-state index contributed by atoms with van der Waals surface area (Å²) in [6.45, 7) is 2.47. The maximum absolute atomic E-state index is 9.28. The first kappa shape index (κ1) is 18.2. The molecule has 6 heteroatoms. The average molecular weight is 369 g/mol. The number of aliphatic hydroxyl groups is 1. The van der Waals surface area contributed by atoms with E-state index in [9.17, 15) is 5.11 Å². The average Bonchev–Trinajstić information content (AvgIpc) is 2.67. The highest BCUT2D eigenvalue weighted by atomic mass is 35.5. The molecule has 1 atom stereocenters. The summed E-state index contributed by atoms with van der Waals surface area (Å²) in [7, 11) is 0. The Hall–Kier alpha value is -2.63. The Balaban J connectivity index is 1.86. The number of nitrogens with one attached hydrogen (secondary N) is 2. The molecule has 26 heavy (non-hydrogen) atoms. The molecule has 3 rings (SSSR count). The molecule has 0 saturated carbocycles. The van der Waals surface area contributed by atoms with Crippen molar-refractivity contribution in [3.8, 4) is 11.3 Å². The zero-order chi connectivity index (χ0) is 18.4. The van der Waals surface area contributed by atoms with E-state index >= 15 is 0 Å². The lowest BCUT2D eigenvalue weighted by atomic mass is 10.1. The number of nitrogens with zero attached hydrogens (tertiary/aromatic N) is 2. The number of benzene rings is 2. The van der Waals surface area contributed by atoms with Gasteiger partial charge in [0.25, 0.3) is 0 Å². The lowest BCUT2D eigenvalue weighted by Gasteiger charge is -2.14. The lowest BCUT2D eigenvalue weighted by molar-refractivity contribution is 0.281. The van der Waals surface area contributed by atoms with Crippen molar-refractivity contribution in [1.82, 2.24) is 9.97 Å². The van der Waals surface area contributed by atoms with Gasteiger partial charge in [0.05, 0.1) is 12.3 Å². The normalized spacial score (nSPS) is 11.8. The van der Waals surface area contributed by atoms with Gasteiger partial charge in [-0.2, -0.15) is 4.98 Å². The number of hydrogen-bond acceptors (Lipinski definition) is 5. The van der Waals surface area contributed by atoms with Gasteiger partial charge in [-0.05, 0) is 24.6 Å². The van der Waals surface area contributed by atoms with Gasteiger partial charge >= 0.3 is 0 Å². The number of rotatable bonds is 7. The SMILES string of the molecule is C[C@H](CO)Nc1nc(NCc2cccc(Cl)c2)cc(-c2ccccc2)n1. The molecule has 1 heterocycles. The van der Waals surface area contributed by atoms with Gasteiger partial charge in [0.1, 0.15) is 5.82 Å². The molecule has 5 nitrogen and oxygen atoms in total. The molecule has 0 bridgehead atoms. The van der Waals surface area contributed by atoms with Crippen LogP contribution in [0.1, 0.15) is 12.5 Å². The van der Waals surface area contributed by atoms with E-state index in [1.165, 1.54) is 0 Å². The summed E-state index contributed by atoms with van der Waals surface area (Å²) in [6, 6.07) is 19.4. The summed E-state index contributed by atoms with van der Waals surface area (Å²) in [5, 5.41) is 16.4. The summed E-state index contributed by atoms with van der Waals surface area (Å²) in [5.74, 6) is 1.17. The minimum Gasteiger partial charge on any atom is -0.394 e. The second kappa shape index (κ2) is 8.65. The predicted octanol–water partition coefficient (Wildman–Crippen LogP) is 4.20. The van der Waals surface area contributed by atoms with E-state index in [0.29, 0.717) is 23.3 Å². The Morgan fingerprint density at radius 3 is 2.58 bits per heavy atom. The zero-order valence-corrected chi connectivity index (χ0v) is 15.2. The molecule has 0 aliphatic rings. The van der Waals surface area contributed by atoms with E-state index in [1.54, 1.807) is 0 Å². The Kier molecular flexibility index (Phi) is 6.04. The molecule has 0 saturated heterocycles. The number of halogens is 1. The smallest absolute Gasteiger partial charge is 0.225 e. The summed E-state index contributed by atoms with van der Waals surface area (Å²) < 4.78 is 0. The summed E-state index contributed by atoms with van der Waals surface area (Å²) in [4.78, 5) is 9.07. The van der Waals surface area contributed by atoms with Crippen LogP contribution in [0.4, 0.5) is 11.8 Å². The minimum atomic E-state index is -0.137. The quantitative estimate of drug-likeness (QED) is 0.583. The molecule has 3 N–H and O–H groups in total. The second-order valence-electron chi connectivity index (χ2n) is 6.04. The van der Waals surface area contributed by atoms with Crippen molar-refractivity contribution in [2.24, 2.45) is 0 Å². The van der Waals surface area contributed by atoms with E-state index in [-0.39, 0.29) is 12.6 Å². The molecular formula is C20H21ClN4O. The number of aromatic nitrogens is 2. The zero-order valence-electron chi connectivity index (χ0n) is 14.5. The van der Waals surface area contributed by atoms with Crippen molar-refractivity contribution < 1.29 is 5.11 Å². The largest absolute Gasteiger partial charge is 0.394 e. The van der Waals surface area contributed by atoms with Crippen molar-refractivity contribution in [3.63, 3.8) is 0 Å². The first-order valence-electron chi connectivity index (χ1n) is 8.44. The van der Waals surface area contributed by atoms with Crippen LogP contribution < -0.4 is 10.6 Å². The van der Waals surface area contributed by atoms with Gasteiger partial charge in [-0.3, -0.25) is 0 Å². The van der Waals surface area contributed by atoms with Crippen LogP contribution >= 0.6 is 11.6 Å². The van der Waals surface area contributed by atoms with Gasteiger partial charge in [0.15, 0.2) is 0 Å². The maximum atomic E-state index is 9.28. The molecule has 134 valence electrons. The van der Waals surface area contributed by atoms with Crippen LogP contribution in [0.25, 0.3) is 11.3 Å². The predicted molar refractivity (Wildman–Crippen MR) is 106 cm³/mol. The molecule has 0 spiro atoms. The van der Waals surface area contributed by atoms with Gasteiger partial charge in [0, 0.05) is 29.2 Å². The molecule has 2 aromatic carbocycles. The molecule has 0 amide bonds. The Morgan fingerprint density at radius 1 is 1.04 bits per heavy atom. The van der Waals surface area contributed by atoms with E-state index in [1.807, 2.05) is 67.6 Å². The van der Waals surface area contributed by atoms with Crippen molar-refractivity contribution in [3.05, 3.63) is 71.2 Å². The first-order chi connectivity index (χ1) is 12.6. The highest BCUT2D eigenvalue weighted by molar-refractivity contribution is 6.30. The fourth-order valence-electron chi connectivity index (χ4n) is 2.46. The van der Waals surface area contributed by atoms with Crippen LogP contribution in [-0.2, 0) is 6.54 Å². The molecule has 0 aliphatic carbocycles. The van der Waals surface area contributed by atoms with Crippen LogP contribution in [0, 0.1) is 0 Å². The van der Waals surface area contributed by atoms with Gasteiger partial charge in [-0.15, -0.1) is 0 Å². The molecular weight excluding hydrogens is 348 g/mol. The van der Waals surface area contributed by atoms with Crippen LogP contribution in [0.5, 0.6) is 0 Å². The second-order valence-corrected chi connectivity index (χ2v) is 6.48. The third kappa shape index (κ3) is 4.94.